The molecule has 30 heavy (non-hydrogen) atoms. The summed E-state index contributed by atoms with van der Waals surface area (Å²) in [7, 11) is -3.33. The van der Waals surface area contributed by atoms with Crippen molar-refractivity contribution in [3.63, 3.8) is 0 Å². The number of sulfonamides is 1. The molecular formula is C22H33N3O4S. The lowest BCUT2D eigenvalue weighted by molar-refractivity contribution is -0.0715. The van der Waals surface area contributed by atoms with Gasteiger partial charge in [0.2, 0.25) is 10.0 Å². The molecule has 0 saturated carbocycles. The van der Waals surface area contributed by atoms with Gasteiger partial charge in [-0.05, 0) is 63.8 Å². The van der Waals surface area contributed by atoms with Crippen LogP contribution in [0.1, 0.15) is 49.5 Å². The minimum Gasteiger partial charge on any atom is -0.373 e. The Morgan fingerprint density at radius 3 is 2.53 bits per heavy atom. The maximum absolute atomic E-state index is 13.3. The van der Waals surface area contributed by atoms with Crippen LogP contribution in [0.5, 0.6) is 0 Å². The number of benzene rings is 1. The van der Waals surface area contributed by atoms with E-state index in [4.69, 9.17) is 4.74 Å². The summed E-state index contributed by atoms with van der Waals surface area (Å²) in [5.41, 5.74) is 2.30. The molecule has 1 amide bonds. The molecule has 166 valence electrons. The van der Waals surface area contributed by atoms with Gasteiger partial charge < -0.3 is 9.64 Å². The molecule has 4 atom stereocenters. The molecule has 0 N–H and O–H groups in total. The van der Waals surface area contributed by atoms with Crippen LogP contribution in [-0.4, -0.2) is 80.9 Å². The Morgan fingerprint density at radius 2 is 1.87 bits per heavy atom. The molecule has 8 heteroatoms. The summed E-state index contributed by atoms with van der Waals surface area (Å²) in [5.74, 6) is 0.0557. The summed E-state index contributed by atoms with van der Waals surface area (Å²) in [6.07, 6.45) is 4.36. The second kappa shape index (κ2) is 8.13. The van der Waals surface area contributed by atoms with Crippen LogP contribution in [0.25, 0.3) is 0 Å². The Labute approximate surface area is 180 Å². The van der Waals surface area contributed by atoms with Gasteiger partial charge in [0, 0.05) is 43.8 Å². The molecule has 3 aliphatic rings. The molecule has 3 heterocycles. The van der Waals surface area contributed by atoms with Gasteiger partial charge in [-0.15, -0.1) is 0 Å². The summed E-state index contributed by atoms with van der Waals surface area (Å²) in [5, 5.41) is 0. The van der Waals surface area contributed by atoms with E-state index in [1.54, 1.807) is 12.1 Å². The predicted molar refractivity (Wildman–Crippen MR) is 117 cm³/mol. The predicted octanol–water partition coefficient (Wildman–Crippen LogP) is 2.11. The van der Waals surface area contributed by atoms with E-state index in [0.29, 0.717) is 17.7 Å². The molecule has 0 spiro atoms. The van der Waals surface area contributed by atoms with Crippen molar-refractivity contribution in [2.24, 2.45) is 0 Å². The van der Waals surface area contributed by atoms with Crippen molar-refractivity contribution in [2.75, 3.05) is 36.7 Å². The van der Waals surface area contributed by atoms with E-state index in [-0.39, 0.29) is 30.2 Å². The van der Waals surface area contributed by atoms with E-state index in [9.17, 15) is 13.2 Å². The number of carbonyl (C=O) groups excluding carboxylic acids is 1. The quantitative estimate of drug-likeness (QED) is 0.725. The van der Waals surface area contributed by atoms with E-state index in [1.165, 1.54) is 10.6 Å². The normalized spacial score (nSPS) is 30.0. The molecule has 0 aromatic heterocycles. The first-order chi connectivity index (χ1) is 14.1. The number of amides is 1. The van der Waals surface area contributed by atoms with Crippen LogP contribution in [0.15, 0.2) is 18.2 Å². The average molecular weight is 436 g/mol. The van der Waals surface area contributed by atoms with Crippen LogP contribution in [0.2, 0.25) is 0 Å². The standard InChI is InChI=1S/C22H33N3O4S/c1-15-10-19-11-18(7-8-21(19)25(15)30(4,27)28)22(26)24-9-5-6-20(24)14-23-12-16(2)29-17(3)13-23/h7-8,11,15-17,20H,5-6,9-10,12-14H2,1-4H3. The largest absolute Gasteiger partial charge is 0.373 e. The minimum absolute atomic E-state index is 0.0557. The highest BCUT2D eigenvalue weighted by molar-refractivity contribution is 7.92. The molecule has 0 bridgehead atoms. The van der Waals surface area contributed by atoms with Crippen LogP contribution in [0.3, 0.4) is 0 Å². The molecular weight excluding hydrogens is 402 g/mol. The molecule has 0 aliphatic carbocycles. The first-order valence-electron chi connectivity index (χ1n) is 10.9. The number of nitrogens with zero attached hydrogens (tertiary/aromatic N) is 3. The van der Waals surface area contributed by atoms with Crippen LogP contribution in [-0.2, 0) is 21.2 Å². The van der Waals surface area contributed by atoms with Crippen molar-refractivity contribution >= 4 is 21.6 Å². The van der Waals surface area contributed by atoms with Crippen LogP contribution < -0.4 is 4.31 Å². The van der Waals surface area contributed by atoms with E-state index in [0.717, 1.165) is 44.6 Å². The van der Waals surface area contributed by atoms with Gasteiger partial charge in [0.1, 0.15) is 0 Å². The number of hydrogen-bond acceptors (Lipinski definition) is 5. The molecule has 1 aromatic carbocycles. The van der Waals surface area contributed by atoms with Gasteiger partial charge in [0.05, 0.1) is 24.2 Å². The summed E-state index contributed by atoms with van der Waals surface area (Å²) in [6, 6.07) is 5.57. The average Bonchev–Trinajstić information content (AvgIpc) is 3.22. The van der Waals surface area contributed by atoms with Crippen LogP contribution >= 0.6 is 0 Å². The van der Waals surface area contributed by atoms with Crippen LogP contribution in [0, 0.1) is 0 Å². The smallest absolute Gasteiger partial charge is 0.254 e. The summed E-state index contributed by atoms with van der Waals surface area (Å²) in [4.78, 5) is 17.8. The third-order valence-corrected chi connectivity index (χ3v) is 7.71. The number of ether oxygens (including phenoxy) is 1. The Hall–Kier alpha value is -1.64. The Morgan fingerprint density at radius 1 is 1.17 bits per heavy atom. The van der Waals surface area contributed by atoms with Crippen molar-refractivity contribution in [3.05, 3.63) is 29.3 Å². The SMILES string of the molecule is CC1CN(CC2CCCN2C(=O)c2ccc3c(c2)CC(C)N3S(C)(=O)=O)CC(C)O1. The number of morpholine rings is 1. The van der Waals surface area contributed by atoms with E-state index < -0.39 is 10.0 Å². The first-order valence-corrected chi connectivity index (χ1v) is 12.8. The summed E-state index contributed by atoms with van der Waals surface area (Å²) >= 11 is 0. The van der Waals surface area contributed by atoms with Gasteiger partial charge in [0.15, 0.2) is 0 Å². The molecule has 0 radical (unpaired) electrons. The van der Waals surface area contributed by atoms with Crippen molar-refractivity contribution in [3.8, 4) is 0 Å². The second-order valence-electron chi connectivity index (χ2n) is 9.23. The second-order valence-corrected chi connectivity index (χ2v) is 11.1. The number of anilines is 1. The van der Waals surface area contributed by atoms with Gasteiger partial charge in [-0.3, -0.25) is 14.0 Å². The molecule has 2 fully saturated rings. The Balaban J connectivity index is 1.50. The van der Waals surface area contributed by atoms with Gasteiger partial charge in [-0.25, -0.2) is 8.42 Å². The fraction of sp³-hybridized carbons (Fsp3) is 0.682. The molecule has 3 aliphatic heterocycles. The Kier molecular flexibility index (Phi) is 5.85. The summed E-state index contributed by atoms with van der Waals surface area (Å²) in [6.45, 7) is 9.58. The zero-order chi connectivity index (χ0) is 21.6. The lowest BCUT2D eigenvalue weighted by atomic mass is 10.1. The highest BCUT2D eigenvalue weighted by Crippen LogP contribution is 2.35. The molecule has 2 saturated heterocycles. The Bertz CT molecular complexity index is 909. The number of likely N-dealkylation sites (tertiary alicyclic amines) is 1. The summed E-state index contributed by atoms with van der Waals surface area (Å²) < 4.78 is 31.6. The molecule has 4 rings (SSSR count). The maximum Gasteiger partial charge on any atom is 0.254 e. The van der Waals surface area contributed by atoms with Crippen molar-refractivity contribution in [1.29, 1.82) is 0 Å². The van der Waals surface area contributed by atoms with Crippen molar-refractivity contribution in [2.45, 2.75) is 64.3 Å². The van der Waals surface area contributed by atoms with Crippen LogP contribution in [0.4, 0.5) is 5.69 Å². The van der Waals surface area contributed by atoms with Crippen molar-refractivity contribution < 1.29 is 17.9 Å². The third-order valence-electron chi connectivity index (χ3n) is 6.44. The van der Waals surface area contributed by atoms with Crippen molar-refractivity contribution in [1.82, 2.24) is 9.80 Å². The van der Waals surface area contributed by atoms with E-state index >= 15 is 0 Å². The van der Waals surface area contributed by atoms with E-state index in [1.807, 2.05) is 17.9 Å². The first kappa shape index (κ1) is 21.6. The molecule has 7 nitrogen and oxygen atoms in total. The van der Waals surface area contributed by atoms with Gasteiger partial charge >= 0.3 is 0 Å². The van der Waals surface area contributed by atoms with Gasteiger partial charge in [-0.1, -0.05) is 0 Å². The monoisotopic (exact) mass is 435 g/mol. The fourth-order valence-corrected chi connectivity index (χ4v) is 6.70. The highest BCUT2D eigenvalue weighted by atomic mass is 32.2. The topological polar surface area (TPSA) is 70.2 Å². The maximum atomic E-state index is 13.3. The number of fused-ring (bicyclic) bond motifs is 1. The lowest BCUT2D eigenvalue weighted by Gasteiger charge is -2.38. The number of rotatable bonds is 4. The van der Waals surface area contributed by atoms with Gasteiger partial charge in [0.25, 0.3) is 5.91 Å². The number of carbonyl (C=O) groups is 1. The highest BCUT2D eigenvalue weighted by Gasteiger charge is 2.35. The number of hydrogen-bond donors (Lipinski definition) is 0. The fourth-order valence-electron chi connectivity index (χ4n) is 5.43. The zero-order valence-corrected chi connectivity index (χ0v) is 19.2. The van der Waals surface area contributed by atoms with E-state index in [2.05, 4.69) is 18.7 Å². The minimum atomic E-state index is -3.33. The molecule has 1 aromatic rings. The molecule has 4 unspecified atom stereocenters. The third kappa shape index (κ3) is 4.22. The lowest BCUT2D eigenvalue weighted by Crippen LogP contribution is -2.50. The van der Waals surface area contributed by atoms with Gasteiger partial charge in [-0.2, -0.15) is 0 Å². The zero-order valence-electron chi connectivity index (χ0n) is 18.4.